The van der Waals surface area contributed by atoms with E-state index in [1.165, 1.54) is 16.5 Å². The van der Waals surface area contributed by atoms with Gasteiger partial charge in [0.05, 0.1) is 6.07 Å². The maximum absolute atomic E-state index is 8.93. The standard InChI is InChI=1S/C16H16ClN3/c17-16-12-7-14-11(6-9(4-5-18)8-19-14)10-2-1-3-13(20-16)15(10)12/h1-3,9,11,14,19-20H,4,6-8H2. The molecule has 1 aromatic carbocycles. The number of rotatable bonds is 1. The van der Waals surface area contributed by atoms with Gasteiger partial charge in [0.1, 0.15) is 5.15 Å². The van der Waals surface area contributed by atoms with Crippen molar-refractivity contribution in [1.29, 1.82) is 5.26 Å². The quantitative estimate of drug-likeness (QED) is 0.844. The predicted molar refractivity (Wildman–Crippen MR) is 79.9 cm³/mol. The van der Waals surface area contributed by atoms with Crippen LogP contribution in [0.4, 0.5) is 0 Å². The Morgan fingerprint density at radius 3 is 3.15 bits per heavy atom. The molecule has 2 N–H and O–H groups in total. The highest BCUT2D eigenvalue weighted by molar-refractivity contribution is 6.32. The fourth-order valence-electron chi connectivity index (χ4n) is 3.94. The van der Waals surface area contributed by atoms with Crippen molar-refractivity contribution in [2.75, 3.05) is 6.54 Å². The van der Waals surface area contributed by atoms with Crippen LogP contribution < -0.4 is 5.32 Å². The Morgan fingerprint density at radius 2 is 2.30 bits per heavy atom. The van der Waals surface area contributed by atoms with Crippen LogP contribution in [0.5, 0.6) is 0 Å². The van der Waals surface area contributed by atoms with Crippen molar-refractivity contribution in [1.82, 2.24) is 10.3 Å². The second-order valence-corrected chi connectivity index (χ2v) is 6.35. The SMILES string of the molecule is N#CCC1CNC2Cc3c(Cl)[nH]c4cccc(c34)C2C1. The normalized spacial score (nSPS) is 28.1. The van der Waals surface area contributed by atoms with Crippen LogP contribution in [0.3, 0.4) is 0 Å². The number of halogens is 1. The second kappa shape index (κ2) is 4.51. The first-order chi connectivity index (χ1) is 9.78. The molecule has 4 rings (SSSR count). The smallest absolute Gasteiger partial charge is 0.110 e. The zero-order chi connectivity index (χ0) is 13.7. The number of H-pyrrole nitrogens is 1. The Morgan fingerprint density at radius 1 is 1.40 bits per heavy atom. The molecule has 1 aliphatic heterocycles. The molecule has 2 aromatic rings. The number of aromatic nitrogens is 1. The molecule has 0 amide bonds. The first-order valence-electron chi connectivity index (χ1n) is 7.17. The Balaban J connectivity index is 1.82. The highest BCUT2D eigenvalue weighted by atomic mass is 35.5. The molecule has 4 heteroatoms. The van der Waals surface area contributed by atoms with E-state index in [2.05, 4.69) is 34.6 Å². The van der Waals surface area contributed by atoms with Gasteiger partial charge < -0.3 is 10.3 Å². The third-order valence-corrected chi connectivity index (χ3v) is 5.18. The Kier molecular flexibility index (Phi) is 2.76. The van der Waals surface area contributed by atoms with Crippen LogP contribution in [-0.4, -0.2) is 17.6 Å². The van der Waals surface area contributed by atoms with Crippen molar-refractivity contribution in [2.24, 2.45) is 5.92 Å². The van der Waals surface area contributed by atoms with Crippen molar-refractivity contribution in [3.8, 4) is 6.07 Å². The van der Waals surface area contributed by atoms with Gasteiger partial charge in [-0.2, -0.15) is 5.26 Å². The van der Waals surface area contributed by atoms with Gasteiger partial charge in [0.25, 0.3) is 0 Å². The third kappa shape index (κ3) is 1.69. The number of aromatic amines is 1. The zero-order valence-electron chi connectivity index (χ0n) is 11.1. The van der Waals surface area contributed by atoms with Gasteiger partial charge in [-0.05, 0) is 42.5 Å². The predicted octanol–water partition coefficient (Wildman–Crippen LogP) is 3.35. The summed E-state index contributed by atoms with van der Waals surface area (Å²) >= 11 is 6.36. The molecule has 2 aliphatic rings. The van der Waals surface area contributed by atoms with Crippen LogP contribution in [0.25, 0.3) is 10.9 Å². The van der Waals surface area contributed by atoms with Gasteiger partial charge in [-0.25, -0.2) is 0 Å². The summed E-state index contributed by atoms with van der Waals surface area (Å²) in [5, 5.41) is 14.7. The molecule has 3 atom stereocenters. The number of nitrogens with zero attached hydrogens (tertiary/aromatic N) is 1. The first-order valence-corrected chi connectivity index (χ1v) is 7.55. The molecular formula is C16H16ClN3. The van der Waals surface area contributed by atoms with Gasteiger partial charge >= 0.3 is 0 Å². The fraction of sp³-hybridized carbons (Fsp3) is 0.438. The molecule has 102 valence electrons. The van der Waals surface area contributed by atoms with E-state index in [1.807, 2.05) is 0 Å². The van der Waals surface area contributed by atoms with Crippen LogP contribution >= 0.6 is 11.6 Å². The summed E-state index contributed by atoms with van der Waals surface area (Å²) in [7, 11) is 0. The Labute approximate surface area is 122 Å². The minimum Gasteiger partial charge on any atom is -0.345 e. The molecule has 0 spiro atoms. The molecule has 3 nitrogen and oxygen atoms in total. The lowest BCUT2D eigenvalue weighted by atomic mass is 9.73. The monoisotopic (exact) mass is 285 g/mol. The molecule has 1 aromatic heterocycles. The number of piperidine rings is 1. The van der Waals surface area contributed by atoms with E-state index in [0.717, 1.165) is 30.1 Å². The van der Waals surface area contributed by atoms with Gasteiger partial charge in [-0.3, -0.25) is 0 Å². The highest BCUT2D eigenvalue weighted by Gasteiger charge is 2.37. The van der Waals surface area contributed by atoms with Crippen LogP contribution in [0.1, 0.15) is 29.9 Å². The number of benzene rings is 1. The van der Waals surface area contributed by atoms with Crippen molar-refractivity contribution in [3.63, 3.8) is 0 Å². The summed E-state index contributed by atoms with van der Waals surface area (Å²) in [5.41, 5.74) is 3.79. The highest BCUT2D eigenvalue weighted by Crippen LogP contribution is 2.44. The van der Waals surface area contributed by atoms with Gasteiger partial charge in [-0.1, -0.05) is 23.7 Å². The van der Waals surface area contributed by atoms with Crippen LogP contribution in [0, 0.1) is 17.2 Å². The van der Waals surface area contributed by atoms with Crippen LogP contribution in [0.15, 0.2) is 18.2 Å². The summed E-state index contributed by atoms with van der Waals surface area (Å²) in [6.45, 7) is 0.947. The molecular weight excluding hydrogens is 270 g/mol. The van der Waals surface area contributed by atoms with E-state index in [1.54, 1.807) is 0 Å². The largest absolute Gasteiger partial charge is 0.345 e. The molecule has 1 aliphatic carbocycles. The third-order valence-electron chi connectivity index (χ3n) is 4.85. The van der Waals surface area contributed by atoms with Gasteiger partial charge in [0.15, 0.2) is 0 Å². The van der Waals surface area contributed by atoms with Crippen molar-refractivity contribution < 1.29 is 0 Å². The number of nitrogens with one attached hydrogen (secondary N) is 2. The van der Waals surface area contributed by atoms with Gasteiger partial charge in [-0.15, -0.1) is 0 Å². The lowest BCUT2D eigenvalue weighted by molar-refractivity contribution is 0.271. The molecule has 20 heavy (non-hydrogen) atoms. The first kappa shape index (κ1) is 12.3. The molecule has 1 fully saturated rings. The van der Waals surface area contributed by atoms with E-state index in [0.29, 0.717) is 24.3 Å². The lowest BCUT2D eigenvalue weighted by Gasteiger charge is -2.40. The minimum atomic E-state index is 0.455. The molecule has 0 radical (unpaired) electrons. The van der Waals surface area contributed by atoms with Gasteiger partial charge in [0, 0.05) is 29.3 Å². The summed E-state index contributed by atoms with van der Waals surface area (Å²) < 4.78 is 0. The molecule has 0 bridgehead atoms. The van der Waals surface area contributed by atoms with Crippen molar-refractivity contribution in [3.05, 3.63) is 34.5 Å². The maximum atomic E-state index is 8.93. The summed E-state index contributed by atoms with van der Waals surface area (Å²) in [4.78, 5) is 3.29. The fourth-order valence-corrected chi connectivity index (χ4v) is 4.22. The average Bonchev–Trinajstić information content (AvgIpc) is 2.78. The van der Waals surface area contributed by atoms with E-state index >= 15 is 0 Å². The van der Waals surface area contributed by atoms with E-state index in [-0.39, 0.29) is 0 Å². The van der Waals surface area contributed by atoms with E-state index < -0.39 is 0 Å². The minimum absolute atomic E-state index is 0.455. The Hall–Kier alpha value is -1.50. The lowest BCUT2D eigenvalue weighted by Crippen LogP contribution is -2.46. The van der Waals surface area contributed by atoms with Gasteiger partial charge in [0.2, 0.25) is 0 Å². The maximum Gasteiger partial charge on any atom is 0.110 e. The summed E-state index contributed by atoms with van der Waals surface area (Å²) in [6, 6.07) is 9.19. The molecule has 2 heterocycles. The topological polar surface area (TPSA) is 51.6 Å². The second-order valence-electron chi connectivity index (χ2n) is 5.98. The van der Waals surface area contributed by atoms with Crippen molar-refractivity contribution in [2.45, 2.75) is 31.2 Å². The summed E-state index contributed by atoms with van der Waals surface area (Å²) in [5.74, 6) is 0.970. The number of fused-ring (bicyclic) bond motifs is 2. The molecule has 1 saturated heterocycles. The number of hydrogen-bond acceptors (Lipinski definition) is 2. The summed E-state index contributed by atoms with van der Waals surface area (Å²) in [6.07, 6.45) is 2.74. The number of nitriles is 1. The zero-order valence-corrected chi connectivity index (χ0v) is 11.9. The van der Waals surface area contributed by atoms with E-state index in [4.69, 9.17) is 16.9 Å². The average molecular weight is 286 g/mol. The molecule has 3 unspecified atom stereocenters. The van der Waals surface area contributed by atoms with E-state index in [9.17, 15) is 0 Å². The Bertz CT molecular complexity index is 712. The molecule has 0 saturated carbocycles. The number of hydrogen-bond donors (Lipinski definition) is 2. The van der Waals surface area contributed by atoms with Crippen molar-refractivity contribution >= 4 is 22.5 Å². The van der Waals surface area contributed by atoms with Crippen LogP contribution in [-0.2, 0) is 6.42 Å². The van der Waals surface area contributed by atoms with Crippen LogP contribution in [0.2, 0.25) is 5.15 Å².